The van der Waals surface area contributed by atoms with Crippen molar-refractivity contribution in [1.82, 2.24) is 15.3 Å². The number of aromatic nitrogens is 2. The number of hydrogen-bond donors (Lipinski definition) is 1. The number of amides is 1. The third kappa shape index (κ3) is 4.07. The molecule has 1 atom stereocenters. The number of rotatable bonds is 3. The van der Waals surface area contributed by atoms with E-state index in [1.165, 1.54) is 24.7 Å². The van der Waals surface area contributed by atoms with Gasteiger partial charge in [0.2, 0.25) is 0 Å². The van der Waals surface area contributed by atoms with Gasteiger partial charge in [-0.1, -0.05) is 0 Å². The highest BCUT2D eigenvalue weighted by Gasteiger charge is 2.36. The minimum atomic E-state index is -4.46. The van der Waals surface area contributed by atoms with Crippen molar-refractivity contribution >= 4 is 11.7 Å². The quantitative estimate of drug-likeness (QED) is 0.925. The lowest BCUT2D eigenvalue weighted by molar-refractivity contribution is -0.137. The summed E-state index contributed by atoms with van der Waals surface area (Å²) in [6.45, 7) is 0.763. The standard InChI is InChI=1S/C17H17F3N4O/c18-17(19,20)14-4-1-7-22-15(14)24-10-2-3-13(11-24)23-16(25)12-5-8-21-9-6-12/h1,4-9,13H,2-3,10-11H2,(H,23,25). The van der Waals surface area contributed by atoms with Crippen molar-refractivity contribution in [3.8, 4) is 0 Å². The molecular formula is C17H17F3N4O. The third-order valence-electron chi connectivity index (χ3n) is 4.09. The van der Waals surface area contributed by atoms with Gasteiger partial charge < -0.3 is 10.2 Å². The molecule has 5 nitrogen and oxygen atoms in total. The van der Waals surface area contributed by atoms with Gasteiger partial charge in [-0.3, -0.25) is 9.78 Å². The molecule has 1 aliphatic rings. The van der Waals surface area contributed by atoms with Crippen molar-refractivity contribution in [3.63, 3.8) is 0 Å². The lowest BCUT2D eigenvalue weighted by Crippen LogP contribution is -2.48. The Morgan fingerprint density at radius 3 is 2.68 bits per heavy atom. The summed E-state index contributed by atoms with van der Waals surface area (Å²) < 4.78 is 39.6. The van der Waals surface area contributed by atoms with E-state index in [4.69, 9.17) is 0 Å². The number of carbonyl (C=O) groups is 1. The van der Waals surface area contributed by atoms with Crippen LogP contribution in [0.3, 0.4) is 0 Å². The molecule has 3 heterocycles. The smallest absolute Gasteiger partial charge is 0.354 e. The maximum atomic E-state index is 13.2. The summed E-state index contributed by atoms with van der Waals surface area (Å²) in [5, 5.41) is 2.88. The average Bonchev–Trinajstić information content (AvgIpc) is 2.62. The highest BCUT2D eigenvalue weighted by molar-refractivity contribution is 5.94. The molecule has 2 aromatic heterocycles. The maximum Gasteiger partial charge on any atom is 0.419 e. The number of alkyl halides is 3. The largest absolute Gasteiger partial charge is 0.419 e. The predicted octanol–water partition coefficient (Wildman–Crippen LogP) is 2.89. The second-order valence-electron chi connectivity index (χ2n) is 5.87. The van der Waals surface area contributed by atoms with Gasteiger partial charge in [0.05, 0.1) is 5.56 Å². The Balaban J connectivity index is 1.73. The Morgan fingerprint density at radius 1 is 1.20 bits per heavy atom. The number of anilines is 1. The second-order valence-corrected chi connectivity index (χ2v) is 5.87. The minimum Gasteiger partial charge on any atom is -0.354 e. The second kappa shape index (κ2) is 7.08. The van der Waals surface area contributed by atoms with Crippen LogP contribution in [0.5, 0.6) is 0 Å². The van der Waals surface area contributed by atoms with Crippen LogP contribution in [-0.2, 0) is 6.18 Å². The topological polar surface area (TPSA) is 58.1 Å². The Labute approximate surface area is 142 Å². The van der Waals surface area contributed by atoms with Crippen LogP contribution in [0.15, 0.2) is 42.9 Å². The Bertz CT molecular complexity index is 736. The fourth-order valence-electron chi connectivity index (χ4n) is 2.93. The van der Waals surface area contributed by atoms with E-state index in [-0.39, 0.29) is 24.3 Å². The molecule has 1 fully saturated rings. The van der Waals surface area contributed by atoms with Crippen molar-refractivity contribution in [2.45, 2.75) is 25.1 Å². The molecule has 0 bridgehead atoms. The molecule has 1 N–H and O–H groups in total. The molecule has 3 rings (SSSR count). The van der Waals surface area contributed by atoms with E-state index in [9.17, 15) is 18.0 Å². The normalized spacial score (nSPS) is 18.0. The summed E-state index contributed by atoms with van der Waals surface area (Å²) in [4.78, 5) is 21.6. The average molecular weight is 350 g/mol. The van der Waals surface area contributed by atoms with E-state index >= 15 is 0 Å². The number of pyridine rings is 2. The highest BCUT2D eigenvalue weighted by Crippen LogP contribution is 2.35. The molecule has 132 valence electrons. The molecule has 0 aromatic carbocycles. The van der Waals surface area contributed by atoms with E-state index in [2.05, 4.69) is 15.3 Å². The number of nitrogens with one attached hydrogen (secondary N) is 1. The molecular weight excluding hydrogens is 333 g/mol. The molecule has 8 heteroatoms. The van der Waals surface area contributed by atoms with Crippen LogP contribution in [0.1, 0.15) is 28.8 Å². The number of nitrogens with zero attached hydrogens (tertiary/aromatic N) is 3. The molecule has 0 saturated carbocycles. The zero-order valence-corrected chi connectivity index (χ0v) is 13.3. The van der Waals surface area contributed by atoms with Gasteiger partial charge in [-0.15, -0.1) is 0 Å². The Hall–Kier alpha value is -2.64. The zero-order chi connectivity index (χ0) is 17.9. The minimum absolute atomic E-state index is 0.0853. The predicted molar refractivity (Wildman–Crippen MR) is 86.2 cm³/mol. The van der Waals surface area contributed by atoms with Gasteiger partial charge in [-0.2, -0.15) is 13.2 Å². The number of piperidine rings is 1. The summed E-state index contributed by atoms with van der Waals surface area (Å²) in [6, 6.07) is 5.25. The third-order valence-corrected chi connectivity index (χ3v) is 4.09. The van der Waals surface area contributed by atoms with Gasteiger partial charge in [0.15, 0.2) is 0 Å². The number of halogens is 3. The molecule has 0 spiro atoms. The van der Waals surface area contributed by atoms with Crippen molar-refractivity contribution < 1.29 is 18.0 Å². The SMILES string of the molecule is O=C(NC1CCCN(c2ncccc2C(F)(F)F)C1)c1ccncc1. The van der Waals surface area contributed by atoms with Gasteiger partial charge in [0.25, 0.3) is 5.91 Å². The summed E-state index contributed by atoms with van der Waals surface area (Å²) in [5.74, 6) is -0.343. The van der Waals surface area contributed by atoms with Crippen LogP contribution in [0, 0.1) is 0 Å². The van der Waals surface area contributed by atoms with Crippen LogP contribution in [-0.4, -0.2) is 35.0 Å². The monoisotopic (exact) mass is 350 g/mol. The van der Waals surface area contributed by atoms with Crippen molar-refractivity contribution in [2.24, 2.45) is 0 Å². The summed E-state index contributed by atoms with van der Waals surface area (Å²) in [7, 11) is 0. The summed E-state index contributed by atoms with van der Waals surface area (Å²) >= 11 is 0. The first-order valence-corrected chi connectivity index (χ1v) is 7.93. The first-order valence-electron chi connectivity index (χ1n) is 7.93. The van der Waals surface area contributed by atoms with Gasteiger partial charge >= 0.3 is 6.18 Å². The van der Waals surface area contributed by atoms with Gasteiger partial charge in [-0.25, -0.2) is 4.98 Å². The van der Waals surface area contributed by atoms with Gasteiger partial charge in [0.1, 0.15) is 5.82 Å². The van der Waals surface area contributed by atoms with E-state index in [0.29, 0.717) is 24.9 Å². The van der Waals surface area contributed by atoms with Crippen LogP contribution in [0.4, 0.5) is 19.0 Å². The van der Waals surface area contributed by atoms with Gasteiger partial charge in [0, 0.05) is 43.3 Å². The Morgan fingerprint density at radius 2 is 1.96 bits per heavy atom. The van der Waals surface area contributed by atoms with E-state index in [1.54, 1.807) is 17.0 Å². The van der Waals surface area contributed by atoms with Crippen LogP contribution in [0.25, 0.3) is 0 Å². The highest BCUT2D eigenvalue weighted by atomic mass is 19.4. The molecule has 1 saturated heterocycles. The molecule has 25 heavy (non-hydrogen) atoms. The van der Waals surface area contributed by atoms with E-state index in [0.717, 1.165) is 6.07 Å². The van der Waals surface area contributed by atoms with Crippen molar-refractivity contribution in [3.05, 3.63) is 54.0 Å². The van der Waals surface area contributed by atoms with Crippen LogP contribution in [0.2, 0.25) is 0 Å². The first kappa shape index (κ1) is 17.2. The molecule has 1 amide bonds. The lowest BCUT2D eigenvalue weighted by atomic mass is 10.0. The summed E-state index contributed by atoms with van der Waals surface area (Å²) in [6.07, 6.45) is 1.31. The molecule has 1 aliphatic heterocycles. The zero-order valence-electron chi connectivity index (χ0n) is 13.3. The first-order chi connectivity index (χ1) is 11.9. The van der Waals surface area contributed by atoms with E-state index in [1.807, 2.05) is 0 Å². The Kier molecular flexibility index (Phi) is 4.87. The lowest BCUT2D eigenvalue weighted by Gasteiger charge is -2.35. The molecule has 0 radical (unpaired) electrons. The number of hydrogen-bond acceptors (Lipinski definition) is 4. The maximum absolute atomic E-state index is 13.2. The molecule has 2 aromatic rings. The van der Waals surface area contributed by atoms with Crippen molar-refractivity contribution in [1.29, 1.82) is 0 Å². The number of carbonyl (C=O) groups excluding carboxylic acids is 1. The van der Waals surface area contributed by atoms with Crippen LogP contribution >= 0.6 is 0 Å². The summed E-state index contributed by atoms with van der Waals surface area (Å²) in [5.41, 5.74) is -0.281. The van der Waals surface area contributed by atoms with Crippen LogP contribution < -0.4 is 10.2 Å². The van der Waals surface area contributed by atoms with Crippen molar-refractivity contribution in [2.75, 3.05) is 18.0 Å². The van der Waals surface area contributed by atoms with Gasteiger partial charge in [-0.05, 0) is 37.1 Å². The van der Waals surface area contributed by atoms with E-state index < -0.39 is 11.7 Å². The molecule has 1 unspecified atom stereocenters. The fourth-order valence-corrected chi connectivity index (χ4v) is 2.93. The molecule has 0 aliphatic carbocycles. The fraction of sp³-hybridized carbons (Fsp3) is 0.353.